The molecule has 3 heterocycles. The van der Waals surface area contributed by atoms with E-state index in [1.807, 2.05) is 11.8 Å². The highest BCUT2D eigenvalue weighted by Gasteiger charge is 2.37. The normalized spacial score (nSPS) is 23.7. The van der Waals surface area contributed by atoms with Crippen LogP contribution in [0.4, 0.5) is 4.39 Å². The van der Waals surface area contributed by atoms with Crippen molar-refractivity contribution in [1.29, 1.82) is 0 Å². The molecule has 5 rings (SSSR count). The molecule has 30 heavy (non-hydrogen) atoms. The molecule has 3 aliphatic heterocycles. The van der Waals surface area contributed by atoms with Crippen LogP contribution in [0.25, 0.3) is 6.08 Å². The lowest BCUT2D eigenvalue weighted by Gasteiger charge is -2.33. The smallest absolute Gasteiger partial charge is 0.231 e. The molecular weight excluding hydrogens is 409 g/mol. The molecule has 1 saturated heterocycles. The van der Waals surface area contributed by atoms with Gasteiger partial charge >= 0.3 is 0 Å². The number of halogens is 1. The minimum atomic E-state index is -2.99. The molecule has 1 fully saturated rings. The monoisotopic (exact) mass is 429 g/mol. The highest BCUT2D eigenvalue weighted by Crippen LogP contribution is 2.43. The summed E-state index contributed by atoms with van der Waals surface area (Å²) in [6, 6.07) is 7.63. The zero-order valence-electron chi connectivity index (χ0n) is 16.4. The molecule has 2 aromatic rings. The molecule has 8 heteroatoms. The van der Waals surface area contributed by atoms with Crippen molar-refractivity contribution >= 4 is 21.7 Å². The van der Waals surface area contributed by atoms with Gasteiger partial charge in [-0.05, 0) is 43.2 Å². The third-order valence-electron chi connectivity index (χ3n) is 5.84. The Morgan fingerprint density at radius 2 is 2.07 bits per heavy atom. The number of ether oxygens (including phenoxy) is 2. The highest BCUT2D eigenvalue weighted by atomic mass is 32.2. The number of allylic oxidation sites excluding steroid dienone is 1. The molecule has 0 unspecified atom stereocenters. The molecule has 0 aromatic heterocycles. The molecule has 0 radical (unpaired) electrons. The average molecular weight is 429 g/mol. The van der Waals surface area contributed by atoms with Gasteiger partial charge in [-0.3, -0.25) is 9.69 Å². The van der Waals surface area contributed by atoms with E-state index in [4.69, 9.17) is 9.47 Å². The first-order valence-electron chi connectivity index (χ1n) is 9.74. The fourth-order valence-electron chi connectivity index (χ4n) is 4.31. The molecule has 0 aliphatic carbocycles. The Morgan fingerprint density at radius 3 is 2.80 bits per heavy atom. The molecule has 0 bridgehead atoms. The molecule has 0 saturated carbocycles. The minimum Gasteiger partial charge on any atom is -0.477 e. The van der Waals surface area contributed by atoms with E-state index in [9.17, 15) is 17.6 Å². The maximum atomic E-state index is 13.5. The lowest BCUT2D eigenvalue weighted by molar-refractivity contribution is 0.0637. The van der Waals surface area contributed by atoms with Crippen LogP contribution in [0.2, 0.25) is 0 Å². The largest absolute Gasteiger partial charge is 0.477 e. The van der Waals surface area contributed by atoms with Crippen molar-refractivity contribution in [2.24, 2.45) is 0 Å². The fraction of sp³-hybridized carbons (Fsp3) is 0.318. The Kier molecular flexibility index (Phi) is 4.44. The van der Waals surface area contributed by atoms with Crippen LogP contribution >= 0.6 is 0 Å². The number of hydrogen-bond acceptors (Lipinski definition) is 6. The number of benzene rings is 2. The summed E-state index contributed by atoms with van der Waals surface area (Å²) < 4.78 is 48.9. The topological polar surface area (TPSA) is 72.9 Å². The number of ketones is 1. The zero-order valence-corrected chi connectivity index (χ0v) is 17.2. The molecule has 0 spiro atoms. The summed E-state index contributed by atoms with van der Waals surface area (Å²) in [5, 5.41) is 0. The number of carbonyl (C=O) groups is 1. The van der Waals surface area contributed by atoms with Crippen molar-refractivity contribution in [2.45, 2.75) is 25.9 Å². The van der Waals surface area contributed by atoms with Crippen LogP contribution in [-0.4, -0.2) is 43.4 Å². The maximum absolute atomic E-state index is 13.5. The van der Waals surface area contributed by atoms with Gasteiger partial charge in [0.15, 0.2) is 15.6 Å². The van der Waals surface area contributed by atoms with Crippen molar-refractivity contribution < 1.29 is 27.1 Å². The van der Waals surface area contributed by atoms with E-state index >= 15 is 0 Å². The number of hydrogen-bond donors (Lipinski definition) is 0. The Bertz CT molecular complexity index is 1200. The number of sulfone groups is 1. The van der Waals surface area contributed by atoms with Crippen molar-refractivity contribution in [3.63, 3.8) is 0 Å². The summed E-state index contributed by atoms with van der Waals surface area (Å²) >= 11 is 0. The van der Waals surface area contributed by atoms with Crippen LogP contribution in [0.3, 0.4) is 0 Å². The Balaban J connectivity index is 1.45. The van der Waals surface area contributed by atoms with Crippen molar-refractivity contribution in [1.82, 2.24) is 4.90 Å². The first kappa shape index (κ1) is 19.3. The van der Waals surface area contributed by atoms with Gasteiger partial charge < -0.3 is 9.47 Å². The molecule has 1 atom stereocenters. The first-order chi connectivity index (χ1) is 14.3. The number of nitrogens with zero attached hydrogens (tertiary/aromatic N) is 1. The van der Waals surface area contributed by atoms with E-state index in [1.165, 1.54) is 18.2 Å². The van der Waals surface area contributed by atoms with Crippen LogP contribution in [0.5, 0.6) is 11.5 Å². The van der Waals surface area contributed by atoms with E-state index < -0.39 is 9.84 Å². The molecular formula is C22H20FNO5S. The van der Waals surface area contributed by atoms with Crippen molar-refractivity contribution in [2.75, 3.05) is 18.2 Å². The molecule has 6 nitrogen and oxygen atoms in total. The summed E-state index contributed by atoms with van der Waals surface area (Å²) in [6.45, 7) is 2.65. The molecule has 3 aliphatic rings. The number of rotatable bonds is 2. The molecule has 156 valence electrons. The van der Waals surface area contributed by atoms with Gasteiger partial charge in [0, 0.05) is 23.7 Å². The van der Waals surface area contributed by atoms with E-state index in [1.54, 1.807) is 18.2 Å². The van der Waals surface area contributed by atoms with Crippen LogP contribution in [0.1, 0.15) is 33.5 Å². The second-order valence-electron chi connectivity index (χ2n) is 7.94. The standard InChI is InChI=1S/C22H20FNO5S/c1-13-21-15(10-24(12-28-21)17-5-6-30(26,27)11-17)9-18-20(25)19(29-22(13)18)8-14-3-2-4-16(23)7-14/h2-4,7-9,17H,5-6,10-12H2,1H3/t17-/m0/s1. The van der Waals surface area contributed by atoms with Crippen LogP contribution in [0, 0.1) is 12.7 Å². The average Bonchev–Trinajstić information content (AvgIpc) is 3.22. The van der Waals surface area contributed by atoms with Crippen LogP contribution in [0.15, 0.2) is 36.1 Å². The van der Waals surface area contributed by atoms with Gasteiger partial charge in [0.2, 0.25) is 5.78 Å². The number of fused-ring (bicyclic) bond motifs is 2. The van der Waals surface area contributed by atoms with E-state index in [0.29, 0.717) is 42.3 Å². The number of carbonyl (C=O) groups excluding carboxylic acids is 1. The molecule has 2 aromatic carbocycles. The van der Waals surface area contributed by atoms with Gasteiger partial charge in [0.05, 0.1) is 17.1 Å². The SMILES string of the molecule is Cc1c2c(cc3c1OC(=Cc1cccc(F)c1)C3=O)CN([C@H]1CCS(=O)(=O)C1)CO2. The maximum Gasteiger partial charge on any atom is 0.231 e. The summed E-state index contributed by atoms with van der Waals surface area (Å²) in [5.41, 5.74) is 2.56. The second kappa shape index (κ2) is 6.92. The summed E-state index contributed by atoms with van der Waals surface area (Å²) in [6.07, 6.45) is 2.12. The van der Waals surface area contributed by atoms with Gasteiger partial charge in [0.1, 0.15) is 24.0 Å². The Morgan fingerprint density at radius 1 is 1.23 bits per heavy atom. The van der Waals surface area contributed by atoms with E-state index in [2.05, 4.69) is 0 Å². The summed E-state index contributed by atoms with van der Waals surface area (Å²) in [4.78, 5) is 14.9. The third-order valence-corrected chi connectivity index (χ3v) is 7.59. The van der Waals surface area contributed by atoms with Gasteiger partial charge in [-0.1, -0.05) is 12.1 Å². The third kappa shape index (κ3) is 3.30. The lowest BCUT2D eigenvalue weighted by atomic mass is 9.99. The van der Waals surface area contributed by atoms with Gasteiger partial charge in [-0.25, -0.2) is 12.8 Å². The predicted octanol–water partition coefficient (Wildman–Crippen LogP) is 3.09. The van der Waals surface area contributed by atoms with Gasteiger partial charge in [-0.2, -0.15) is 0 Å². The fourth-order valence-corrected chi connectivity index (χ4v) is 6.07. The van der Waals surface area contributed by atoms with E-state index in [0.717, 1.165) is 11.1 Å². The second-order valence-corrected chi connectivity index (χ2v) is 10.2. The van der Waals surface area contributed by atoms with E-state index in [-0.39, 0.29) is 34.9 Å². The summed E-state index contributed by atoms with van der Waals surface area (Å²) in [5.74, 6) is 0.953. The zero-order chi connectivity index (χ0) is 21.0. The van der Waals surface area contributed by atoms with Gasteiger partial charge in [0.25, 0.3) is 0 Å². The summed E-state index contributed by atoms with van der Waals surface area (Å²) in [7, 11) is -2.99. The Hall–Kier alpha value is -2.71. The Labute approximate surface area is 173 Å². The first-order valence-corrected chi connectivity index (χ1v) is 11.6. The van der Waals surface area contributed by atoms with Crippen LogP contribution < -0.4 is 9.47 Å². The molecule has 0 amide bonds. The highest BCUT2D eigenvalue weighted by molar-refractivity contribution is 7.91. The quantitative estimate of drug-likeness (QED) is 0.684. The van der Waals surface area contributed by atoms with Crippen LogP contribution in [-0.2, 0) is 16.4 Å². The van der Waals surface area contributed by atoms with Crippen molar-refractivity contribution in [3.8, 4) is 11.5 Å². The van der Waals surface area contributed by atoms with Crippen molar-refractivity contribution in [3.05, 3.63) is 64.2 Å². The van der Waals surface area contributed by atoms with Gasteiger partial charge in [-0.15, -0.1) is 0 Å². The minimum absolute atomic E-state index is 0.0768. The lowest BCUT2D eigenvalue weighted by Crippen LogP contribution is -2.41. The predicted molar refractivity (Wildman–Crippen MR) is 109 cm³/mol. The number of Topliss-reactive ketones (excluding diaryl/α,β-unsaturated/α-hetero) is 1. The molecule has 0 N–H and O–H groups in total.